The molecule has 0 bridgehead atoms. The van der Waals surface area contributed by atoms with Crippen molar-refractivity contribution in [1.82, 2.24) is 4.90 Å². The van der Waals surface area contributed by atoms with E-state index in [1.54, 1.807) is 12.0 Å². The van der Waals surface area contributed by atoms with Crippen LogP contribution in [0, 0.1) is 13.8 Å². The van der Waals surface area contributed by atoms with Gasteiger partial charge in [0.2, 0.25) is 0 Å². The number of nitrogens with zero attached hydrogens (tertiary/aromatic N) is 1. The van der Waals surface area contributed by atoms with Gasteiger partial charge in [-0.1, -0.05) is 59.9 Å². The van der Waals surface area contributed by atoms with Crippen molar-refractivity contribution >= 4 is 40.3 Å². The zero-order valence-electron chi connectivity index (χ0n) is 14.4. The zero-order chi connectivity index (χ0) is 18.0. The molecule has 1 aliphatic rings. The Morgan fingerprint density at radius 2 is 1.88 bits per heavy atom. The van der Waals surface area contributed by atoms with E-state index in [2.05, 4.69) is 0 Å². The van der Waals surface area contributed by atoms with Crippen LogP contribution in [-0.2, 0) is 11.3 Å². The van der Waals surface area contributed by atoms with Crippen molar-refractivity contribution in [1.29, 1.82) is 0 Å². The summed E-state index contributed by atoms with van der Waals surface area (Å²) in [7, 11) is 1.65. The number of amides is 1. The first kappa shape index (κ1) is 17.7. The minimum atomic E-state index is -0.0379. The molecule has 25 heavy (non-hydrogen) atoms. The monoisotopic (exact) mass is 369 g/mol. The van der Waals surface area contributed by atoms with Gasteiger partial charge in [0.1, 0.15) is 10.1 Å². The molecule has 0 unspecified atom stereocenters. The zero-order valence-corrected chi connectivity index (χ0v) is 16.0. The average Bonchev–Trinajstić information content (AvgIpc) is 2.84. The first-order valence-electron chi connectivity index (χ1n) is 7.93. The van der Waals surface area contributed by atoms with E-state index in [0.29, 0.717) is 15.8 Å². The van der Waals surface area contributed by atoms with Crippen molar-refractivity contribution in [2.75, 3.05) is 7.11 Å². The normalized spacial score (nSPS) is 16.0. The van der Waals surface area contributed by atoms with Gasteiger partial charge in [-0.15, -0.1) is 0 Å². The molecule has 0 atom stereocenters. The number of carbonyl (C=O) groups is 1. The lowest BCUT2D eigenvalue weighted by Crippen LogP contribution is -2.27. The highest BCUT2D eigenvalue weighted by molar-refractivity contribution is 8.26. The Kier molecular flexibility index (Phi) is 5.25. The molecule has 0 spiro atoms. The maximum atomic E-state index is 12.7. The Morgan fingerprint density at radius 3 is 2.52 bits per heavy atom. The standard InChI is InChI=1S/C20H19NO2S2/c1-13-4-6-15(7-5-13)12-21-19(22)18(25-20(21)24)11-16-8-9-17(23-3)14(2)10-16/h4-11H,12H2,1-3H3/b18-11-. The molecule has 1 saturated heterocycles. The van der Waals surface area contributed by atoms with Crippen molar-refractivity contribution in [2.45, 2.75) is 20.4 Å². The molecule has 1 aliphatic heterocycles. The number of thiocarbonyl (C=S) groups is 1. The molecule has 2 aromatic carbocycles. The topological polar surface area (TPSA) is 29.5 Å². The lowest BCUT2D eigenvalue weighted by atomic mass is 10.1. The van der Waals surface area contributed by atoms with Crippen molar-refractivity contribution in [3.05, 3.63) is 69.6 Å². The lowest BCUT2D eigenvalue weighted by molar-refractivity contribution is -0.122. The van der Waals surface area contributed by atoms with Gasteiger partial charge in [-0.3, -0.25) is 9.69 Å². The summed E-state index contributed by atoms with van der Waals surface area (Å²) in [6.45, 7) is 4.53. The van der Waals surface area contributed by atoms with E-state index >= 15 is 0 Å². The fraction of sp³-hybridized carbons (Fsp3) is 0.200. The highest BCUT2D eigenvalue weighted by Gasteiger charge is 2.31. The number of methoxy groups -OCH3 is 1. The summed E-state index contributed by atoms with van der Waals surface area (Å²) < 4.78 is 5.88. The highest BCUT2D eigenvalue weighted by Crippen LogP contribution is 2.34. The smallest absolute Gasteiger partial charge is 0.266 e. The predicted molar refractivity (Wildman–Crippen MR) is 108 cm³/mol. The van der Waals surface area contributed by atoms with Crippen LogP contribution in [-0.4, -0.2) is 22.2 Å². The predicted octanol–water partition coefficient (Wildman–Crippen LogP) is 4.71. The van der Waals surface area contributed by atoms with E-state index in [0.717, 1.165) is 22.4 Å². The molecule has 3 nitrogen and oxygen atoms in total. The largest absolute Gasteiger partial charge is 0.496 e. The molecular weight excluding hydrogens is 350 g/mol. The Labute approximate surface area is 157 Å². The number of aryl methyl sites for hydroxylation is 2. The molecule has 0 aromatic heterocycles. The molecule has 1 amide bonds. The number of hydrogen-bond acceptors (Lipinski definition) is 4. The van der Waals surface area contributed by atoms with Gasteiger partial charge in [0.15, 0.2) is 0 Å². The number of thioether (sulfide) groups is 1. The Bertz CT molecular complexity index is 856. The minimum Gasteiger partial charge on any atom is -0.496 e. The van der Waals surface area contributed by atoms with Gasteiger partial charge < -0.3 is 4.74 Å². The summed E-state index contributed by atoms with van der Waals surface area (Å²) in [6.07, 6.45) is 1.89. The van der Waals surface area contributed by atoms with Crippen LogP contribution in [0.1, 0.15) is 22.3 Å². The van der Waals surface area contributed by atoms with Crippen LogP contribution in [0.4, 0.5) is 0 Å². The molecule has 128 valence electrons. The Morgan fingerprint density at radius 1 is 1.16 bits per heavy atom. The fourth-order valence-electron chi connectivity index (χ4n) is 2.66. The van der Waals surface area contributed by atoms with Gasteiger partial charge in [0.05, 0.1) is 18.6 Å². The average molecular weight is 370 g/mol. The minimum absolute atomic E-state index is 0.0379. The van der Waals surface area contributed by atoms with Gasteiger partial charge in [0.25, 0.3) is 5.91 Å². The van der Waals surface area contributed by atoms with Crippen molar-refractivity contribution in [3.63, 3.8) is 0 Å². The van der Waals surface area contributed by atoms with E-state index < -0.39 is 0 Å². The molecule has 0 N–H and O–H groups in total. The Balaban J connectivity index is 1.80. The van der Waals surface area contributed by atoms with Crippen LogP contribution >= 0.6 is 24.0 Å². The van der Waals surface area contributed by atoms with Crippen LogP contribution < -0.4 is 4.74 Å². The third-order valence-electron chi connectivity index (χ3n) is 4.05. The van der Waals surface area contributed by atoms with Crippen molar-refractivity contribution in [2.24, 2.45) is 0 Å². The maximum Gasteiger partial charge on any atom is 0.266 e. The van der Waals surface area contributed by atoms with E-state index in [9.17, 15) is 4.79 Å². The number of rotatable bonds is 4. The summed E-state index contributed by atoms with van der Waals surface area (Å²) in [5.74, 6) is 0.799. The van der Waals surface area contributed by atoms with Gasteiger partial charge in [0, 0.05) is 0 Å². The first-order chi connectivity index (χ1) is 12.0. The number of carbonyl (C=O) groups excluding carboxylic acids is 1. The Hall–Kier alpha value is -2.11. The lowest BCUT2D eigenvalue weighted by Gasteiger charge is -2.14. The van der Waals surface area contributed by atoms with Crippen molar-refractivity contribution < 1.29 is 9.53 Å². The second kappa shape index (κ2) is 7.42. The summed E-state index contributed by atoms with van der Waals surface area (Å²) in [6, 6.07) is 14.0. The molecule has 1 heterocycles. The van der Waals surface area contributed by atoms with Gasteiger partial charge in [-0.25, -0.2) is 0 Å². The third kappa shape index (κ3) is 3.94. The SMILES string of the molecule is COc1ccc(/C=C2\SC(=S)N(Cc3ccc(C)cc3)C2=O)cc1C. The van der Waals surface area contributed by atoms with E-state index in [1.165, 1.54) is 17.3 Å². The van der Waals surface area contributed by atoms with E-state index in [4.69, 9.17) is 17.0 Å². The molecule has 2 aromatic rings. The highest BCUT2D eigenvalue weighted by atomic mass is 32.2. The van der Waals surface area contributed by atoms with Crippen LogP contribution in [0.2, 0.25) is 0 Å². The summed E-state index contributed by atoms with van der Waals surface area (Å²) in [5, 5.41) is 0. The fourth-order valence-corrected chi connectivity index (χ4v) is 3.91. The summed E-state index contributed by atoms with van der Waals surface area (Å²) in [4.78, 5) is 15.0. The molecule has 0 radical (unpaired) electrons. The van der Waals surface area contributed by atoms with E-state index in [-0.39, 0.29) is 5.91 Å². The van der Waals surface area contributed by atoms with Crippen molar-refractivity contribution in [3.8, 4) is 5.75 Å². The third-order valence-corrected chi connectivity index (χ3v) is 5.43. The molecule has 3 rings (SSSR count). The molecule has 5 heteroatoms. The second-order valence-electron chi connectivity index (χ2n) is 5.98. The second-order valence-corrected chi connectivity index (χ2v) is 7.66. The maximum absolute atomic E-state index is 12.7. The van der Waals surface area contributed by atoms with Crippen LogP contribution in [0.15, 0.2) is 47.4 Å². The molecular formula is C20H19NO2S2. The van der Waals surface area contributed by atoms with Gasteiger partial charge in [-0.2, -0.15) is 0 Å². The van der Waals surface area contributed by atoms with Crippen LogP contribution in [0.5, 0.6) is 5.75 Å². The molecule has 1 fully saturated rings. The van der Waals surface area contributed by atoms with Crippen LogP contribution in [0.25, 0.3) is 6.08 Å². The van der Waals surface area contributed by atoms with Gasteiger partial charge >= 0.3 is 0 Å². The first-order valence-corrected chi connectivity index (χ1v) is 9.16. The van der Waals surface area contributed by atoms with Crippen LogP contribution in [0.3, 0.4) is 0 Å². The molecule has 0 saturated carbocycles. The quantitative estimate of drug-likeness (QED) is 0.576. The molecule has 0 aliphatic carbocycles. The summed E-state index contributed by atoms with van der Waals surface area (Å²) in [5.41, 5.74) is 4.27. The number of hydrogen-bond donors (Lipinski definition) is 0. The number of ether oxygens (including phenoxy) is 1. The van der Waals surface area contributed by atoms with Gasteiger partial charge in [-0.05, 0) is 48.7 Å². The summed E-state index contributed by atoms with van der Waals surface area (Å²) >= 11 is 6.76. The van der Waals surface area contributed by atoms with E-state index in [1.807, 2.05) is 62.4 Å². The number of benzene rings is 2.